The van der Waals surface area contributed by atoms with Crippen molar-refractivity contribution in [2.75, 3.05) is 5.90 Å². The van der Waals surface area contributed by atoms with Crippen molar-refractivity contribution in [1.82, 2.24) is 0 Å². The second kappa shape index (κ2) is 12.1. The Hall–Kier alpha value is -3.63. The monoisotopic (exact) mass is 607 g/mol. The normalized spacial score (nSPS) is 11.7. The summed E-state index contributed by atoms with van der Waals surface area (Å²) in [5.74, 6) is -6.87. The molecule has 0 bridgehead atoms. The van der Waals surface area contributed by atoms with Crippen LogP contribution in [0.1, 0.15) is 10.4 Å². The van der Waals surface area contributed by atoms with Crippen LogP contribution in [-0.4, -0.2) is 12.2 Å². The number of nitrogens with zero attached hydrogens (tertiary/aromatic N) is 1. The number of halogens is 4. The van der Waals surface area contributed by atoms with Gasteiger partial charge in [-0.2, -0.15) is 0 Å². The molecule has 2 nitrogen and oxygen atoms in total. The van der Waals surface area contributed by atoms with Gasteiger partial charge in [0.05, 0.1) is 5.56 Å². The molecule has 0 aliphatic heterocycles. The Morgan fingerprint density at radius 3 is 1.24 bits per heavy atom. The lowest BCUT2D eigenvalue weighted by Crippen LogP contribution is -2.25. The van der Waals surface area contributed by atoms with Gasteiger partial charge in [-0.3, -0.25) is 9.54 Å². The zero-order valence-corrected chi connectivity index (χ0v) is 24.1. The van der Waals surface area contributed by atoms with Gasteiger partial charge in [-0.15, -0.1) is 0 Å². The van der Waals surface area contributed by atoms with Crippen LogP contribution in [0, 0.1) is 23.3 Å². The van der Waals surface area contributed by atoms with Gasteiger partial charge in [0, 0.05) is 19.0 Å². The first-order chi connectivity index (χ1) is 19.8. The molecule has 0 saturated heterocycles. The molecule has 5 aromatic carbocycles. The van der Waals surface area contributed by atoms with Gasteiger partial charge in [0.2, 0.25) is 0 Å². The van der Waals surface area contributed by atoms with Crippen molar-refractivity contribution in [3.63, 3.8) is 0 Å². The highest BCUT2D eigenvalue weighted by Gasteiger charge is 2.36. The fourth-order valence-electron chi connectivity index (χ4n) is 4.75. The van der Waals surface area contributed by atoms with E-state index < -0.39 is 47.6 Å². The lowest BCUT2D eigenvalue weighted by Gasteiger charge is -2.33. The lowest BCUT2D eigenvalue weighted by molar-refractivity contribution is 0.111. The molecule has 0 unspecified atom stereocenters. The first-order valence-corrected chi connectivity index (χ1v) is 17.5. The van der Waals surface area contributed by atoms with E-state index in [-0.39, 0.29) is 12.2 Å². The Balaban J connectivity index is 1.95. The van der Waals surface area contributed by atoms with Gasteiger partial charge in [0.1, 0.15) is 5.69 Å². The molecule has 0 saturated carbocycles. The van der Waals surface area contributed by atoms with Crippen molar-refractivity contribution in [2.24, 2.45) is 4.74 Å². The Morgan fingerprint density at radius 1 is 0.561 bits per heavy atom. The van der Waals surface area contributed by atoms with Crippen LogP contribution < -0.4 is 21.2 Å². The number of benzene rings is 5. The van der Waals surface area contributed by atoms with Crippen LogP contribution in [0.15, 0.2) is 126 Å². The molecule has 0 spiro atoms. The van der Waals surface area contributed by atoms with Crippen LogP contribution in [0.2, 0.25) is 0 Å². The molecule has 5 aromatic rings. The summed E-state index contributed by atoms with van der Waals surface area (Å²) in [6, 6.07) is 34.1. The molecule has 41 heavy (non-hydrogen) atoms. The van der Waals surface area contributed by atoms with Crippen LogP contribution in [0.4, 0.5) is 23.2 Å². The minimum Gasteiger partial charge on any atom is -0.298 e. The molecule has 206 valence electrons. The largest absolute Gasteiger partial charge is 0.298 e. The molecule has 0 N–H and O–H groups in total. The highest BCUT2D eigenvalue weighted by Crippen LogP contribution is 2.63. The molecule has 0 fully saturated rings. The Labute approximate surface area is 240 Å². The van der Waals surface area contributed by atoms with Crippen LogP contribution in [0.25, 0.3) is 0 Å². The molecule has 0 aliphatic carbocycles. The Morgan fingerprint density at radius 2 is 0.902 bits per heavy atom. The number of aldehydes is 1. The highest BCUT2D eigenvalue weighted by molar-refractivity contribution is 8.25. The molecule has 5 rings (SSSR count). The molecule has 0 aliphatic rings. The number of carbonyl (C=O) groups excluding carboxylic acids is 1. The van der Waals surface area contributed by atoms with Crippen LogP contribution in [0.5, 0.6) is 0 Å². The second-order valence-corrected chi connectivity index (χ2v) is 17.5. The highest BCUT2D eigenvalue weighted by atomic mass is 32.4. The van der Waals surface area contributed by atoms with Gasteiger partial charge in [0.25, 0.3) is 0 Å². The minimum atomic E-state index is -3.32. The van der Waals surface area contributed by atoms with Crippen molar-refractivity contribution >= 4 is 58.1 Å². The smallest absolute Gasteiger partial charge is 0.188 e. The summed E-state index contributed by atoms with van der Waals surface area (Å²) in [5.41, 5.74) is -2.42. The zero-order valence-electron chi connectivity index (χ0n) is 21.5. The van der Waals surface area contributed by atoms with E-state index in [9.17, 15) is 13.6 Å². The van der Waals surface area contributed by atoms with Gasteiger partial charge in [-0.25, -0.2) is 17.6 Å². The average Bonchev–Trinajstić information content (AvgIpc) is 3.03. The van der Waals surface area contributed by atoms with E-state index in [0.29, 0.717) is 10.6 Å². The van der Waals surface area contributed by atoms with E-state index in [1.165, 1.54) is 0 Å². The topological polar surface area (TPSA) is 29.4 Å². The Bertz CT molecular complexity index is 1690. The summed E-state index contributed by atoms with van der Waals surface area (Å²) in [6.07, 6.45) is -0.248. The lowest BCUT2D eigenvalue weighted by atomic mass is 10.1. The SMILES string of the molecule is O=Cc1c(F)c(F)c(N=P(CP(=S)(c2ccccc2)c2ccccc2)(c2ccccc2)c2ccccc2)c(F)c1F. The number of carbonyl (C=O) groups is 1. The van der Waals surface area contributed by atoms with Gasteiger partial charge in [-0.05, 0) is 21.2 Å². The summed E-state index contributed by atoms with van der Waals surface area (Å²) in [7, 11) is -3.32. The van der Waals surface area contributed by atoms with Crippen molar-refractivity contribution in [3.05, 3.63) is 150 Å². The van der Waals surface area contributed by atoms with Crippen molar-refractivity contribution in [2.45, 2.75) is 0 Å². The van der Waals surface area contributed by atoms with Crippen molar-refractivity contribution in [3.8, 4) is 0 Å². The van der Waals surface area contributed by atoms with Gasteiger partial charge < -0.3 is 0 Å². The predicted octanol–water partition coefficient (Wildman–Crippen LogP) is 7.63. The number of hydrogen-bond donors (Lipinski definition) is 0. The van der Waals surface area contributed by atoms with Crippen molar-refractivity contribution in [1.29, 1.82) is 0 Å². The quantitative estimate of drug-likeness (QED) is 0.0786. The second-order valence-electron chi connectivity index (χ2n) is 9.23. The molecule has 0 amide bonds. The first-order valence-electron chi connectivity index (χ1n) is 12.6. The average molecular weight is 608 g/mol. The molecular formula is C32H23F4NOP2S. The van der Waals surface area contributed by atoms with Crippen molar-refractivity contribution < 1.29 is 22.4 Å². The van der Waals surface area contributed by atoms with E-state index in [1.54, 1.807) is 60.7 Å². The summed E-state index contributed by atoms with van der Waals surface area (Å²) in [6.45, 7) is 0. The third kappa shape index (κ3) is 5.38. The number of rotatable bonds is 8. The molecule has 0 atom stereocenters. The van der Waals surface area contributed by atoms with E-state index in [0.717, 1.165) is 10.6 Å². The predicted molar refractivity (Wildman–Crippen MR) is 164 cm³/mol. The van der Waals surface area contributed by atoms with E-state index in [4.69, 9.17) is 11.8 Å². The maximum Gasteiger partial charge on any atom is 0.188 e. The molecule has 0 heterocycles. The Kier molecular flexibility index (Phi) is 8.51. The maximum atomic E-state index is 15.5. The molecule has 9 heteroatoms. The van der Waals surface area contributed by atoms with Crippen LogP contribution >= 0.6 is 13.1 Å². The van der Waals surface area contributed by atoms with E-state index >= 15 is 8.78 Å². The zero-order chi connectivity index (χ0) is 29.0. The third-order valence-corrected chi connectivity index (χ3v) is 17.4. The van der Waals surface area contributed by atoms with Gasteiger partial charge in [-0.1, -0.05) is 133 Å². The minimum absolute atomic E-state index is 0.162. The fraction of sp³-hybridized carbons (Fsp3) is 0.0312. The molecule has 0 radical (unpaired) electrons. The number of hydrogen-bond acceptors (Lipinski definition) is 3. The van der Waals surface area contributed by atoms with Gasteiger partial charge in [0.15, 0.2) is 29.6 Å². The third-order valence-electron chi connectivity index (χ3n) is 6.78. The van der Waals surface area contributed by atoms with Crippen LogP contribution in [0.3, 0.4) is 0 Å². The van der Waals surface area contributed by atoms with E-state index in [1.807, 2.05) is 60.7 Å². The van der Waals surface area contributed by atoms with Crippen LogP contribution in [-0.2, 0) is 11.8 Å². The van der Waals surface area contributed by atoms with Gasteiger partial charge >= 0.3 is 0 Å². The molecular weight excluding hydrogens is 584 g/mol. The maximum absolute atomic E-state index is 15.5. The summed E-state index contributed by atoms with van der Waals surface area (Å²) < 4.78 is 65.4. The molecule has 0 aromatic heterocycles. The summed E-state index contributed by atoms with van der Waals surface area (Å²) >= 11 is 6.55. The standard InChI is InChI=1S/C32H23F4NOP2S/c33-28-27(21-38)29(34)31(36)32(30(28)35)37-39(23-13-5-1-6-14-23,24-15-7-2-8-16-24)22-40(41,25-17-9-3-10-18-25)26-19-11-4-12-20-26/h1-21H,22H2. The first kappa shape index (κ1) is 28.9. The summed E-state index contributed by atoms with van der Waals surface area (Å²) in [4.78, 5) is 11.2. The fourth-order valence-corrected chi connectivity index (χ4v) is 16.1. The summed E-state index contributed by atoms with van der Waals surface area (Å²) in [5, 5.41) is 2.99. The van der Waals surface area contributed by atoms with E-state index in [2.05, 4.69) is 4.74 Å².